The molecule has 5 heteroatoms. The summed E-state index contributed by atoms with van der Waals surface area (Å²) in [5, 5.41) is 0. The third-order valence-corrected chi connectivity index (χ3v) is 3.27. The van der Waals surface area contributed by atoms with Crippen LogP contribution in [0.2, 0.25) is 0 Å². The molecular formula is C15H25N5+2. The van der Waals surface area contributed by atoms with Crippen LogP contribution in [0.1, 0.15) is 18.4 Å². The van der Waals surface area contributed by atoms with Gasteiger partial charge in [-0.25, -0.2) is 13.7 Å². The molecule has 0 aliphatic rings. The van der Waals surface area contributed by atoms with Gasteiger partial charge in [-0.1, -0.05) is 0 Å². The fraction of sp³-hybridized carbons (Fsp3) is 0.467. The zero-order valence-corrected chi connectivity index (χ0v) is 12.0. The van der Waals surface area contributed by atoms with Crippen LogP contribution in [0.25, 0.3) is 0 Å². The van der Waals surface area contributed by atoms with E-state index in [0.29, 0.717) is 0 Å². The van der Waals surface area contributed by atoms with E-state index in [1.54, 1.807) is 0 Å². The molecule has 5 nitrogen and oxygen atoms in total. The van der Waals surface area contributed by atoms with E-state index in [9.17, 15) is 0 Å². The first-order valence-corrected chi connectivity index (χ1v) is 7.25. The lowest BCUT2D eigenvalue weighted by molar-refractivity contribution is -0.705. The first-order valence-electron chi connectivity index (χ1n) is 7.25. The third-order valence-electron chi connectivity index (χ3n) is 3.27. The summed E-state index contributed by atoms with van der Waals surface area (Å²) >= 11 is 0. The largest absolute Gasteiger partial charge is 0.330 e. The molecule has 2 rings (SSSR count). The van der Waals surface area contributed by atoms with Gasteiger partial charge in [0.1, 0.15) is 25.5 Å². The summed E-state index contributed by atoms with van der Waals surface area (Å²) in [6.45, 7) is 4.31. The number of aromatic nitrogens is 3. The number of nitrogens with two attached hydrogens (primary N) is 2. The summed E-state index contributed by atoms with van der Waals surface area (Å²) in [7, 11) is 0. The lowest BCUT2D eigenvalue weighted by Crippen LogP contribution is -2.37. The van der Waals surface area contributed by atoms with E-state index in [1.165, 1.54) is 5.56 Å². The lowest BCUT2D eigenvalue weighted by Gasteiger charge is -1.99. The first-order chi connectivity index (χ1) is 9.81. The van der Waals surface area contributed by atoms with Gasteiger partial charge < -0.3 is 11.5 Å². The van der Waals surface area contributed by atoms with Gasteiger partial charge in [-0.15, -0.1) is 0 Å². The Morgan fingerprint density at radius 3 is 2.70 bits per heavy atom. The summed E-state index contributed by atoms with van der Waals surface area (Å²) < 4.78 is 6.57. The van der Waals surface area contributed by atoms with Gasteiger partial charge >= 0.3 is 0 Å². The van der Waals surface area contributed by atoms with Crippen LogP contribution in [0.5, 0.6) is 0 Å². The molecule has 0 bridgehead atoms. The molecule has 0 saturated carbocycles. The minimum absolute atomic E-state index is 0.732. The van der Waals surface area contributed by atoms with E-state index in [0.717, 1.165) is 45.6 Å². The SMILES string of the molecule is NCCCn1cc[n+](Cc2ccc[n+](CCCN)c2)c1. The van der Waals surface area contributed by atoms with Crippen LogP contribution in [0.15, 0.2) is 43.2 Å². The fourth-order valence-electron chi connectivity index (χ4n) is 2.23. The van der Waals surface area contributed by atoms with Crippen molar-refractivity contribution < 1.29 is 9.13 Å². The van der Waals surface area contributed by atoms with Crippen molar-refractivity contribution in [1.82, 2.24) is 4.57 Å². The summed E-state index contributed by atoms with van der Waals surface area (Å²) in [6.07, 6.45) is 12.6. The maximum absolute atomic E-state index is 5.55. The van der Waals surface area contributed by atoms with Crippen molar-refractivity contribution in [3.05, 3.63) is 48.8 Å². The average Bonchev–Trinajstić information content (AvgIpc) is 2.91. The van der Waals surface area contributed by atoms with Gasteiger partial charge in [-0.05, 0) is 25.6 Å². The van der Waals surface area contributed by atoms with Gasteiger partial charge in [0, 0.05) is 12.5 Å². The van der Waals surface area contributed by atoms with Crippen LogP contribution in [0, 0.1) is 0 Å². The second kappa shape index (κ2) is 7.77. The molecule has 0 aliphatic heterocycles. The van der Waals surface area contributed by atoms with Gasteiger partial charge in [-0.3, -0.25) is 0 Å². The molecule has 4 N–H and O–H groups in total. The molecule has 0 amide bonds. The Morgan fingerprint density at radius 2 is 1.90 bits per heavy atom. The van der Waals surface area contributed by atoms with Crippen LogP contribution in [0.3, 0.4) is 0 Å². The molecule has 0 aliphatic carbocycles. The minimum atomic E-state index is 0.732. The number of rotatable bonds is 8. The van der Waals surface area contributed by atoms with Crippen molar-refractivity contribution in [3.63, 3.8) is 0 Å². The third kappa shape index (κ3) is 4.43. The molecule has 20 heavy (non-hydrogen) atoms. The highest BCUT2D eigenvalue weighted by Gasteiger charge is 2.07. The molecule has 108 valence electrons. The Balaban J connectivity index is 1.96. The zero-order chi connectivity index (χ0) is 14.2. The number of hydrogen-bond acceptors (Lipinski definition) is 2. The average molecular weight is 275 g/mol. The Morgan fingerprint density at radius 1 is 1.05 bits per heavy atom. The van der Waals surface area contributed by atoms with Crippen molar-refractivity contribution in [2.24, 2.45) is 11.5 Å². The first kappa shape index (κ1) is 14.7. The van der Waals surface area contributed by atoms with Crippen LogP contribution in [-0.2, 0) is 19.6 Å². The van der Waals surface area contributed by atoms with Crippen LogP contribution in [-0.4, -0.2) is 17.7 Å². The molecule has 2 aromatic heterocycles. The molecular weight excluding hydrogens is 250 g/mol. The van der Waals surface area contributed by atoms with E-state index < -0.39 is 0 Å². The monoisotopic (exact) mass is 275 g/mol. The van der Waals surface area contributed by atoms with Crippen LogP contribution in [0.4, 0.5) is 0 Å². The van der Waals surface area contributed by atoms with Crippen LogP contribution < -0.4 is 20.6 Å². The molecule has 0 spiro atoms. The smallest absolute Gasteiger partial charge is 0.244 e. The van der Waals surface area contributed by atoms with Crippen LogP contribution >= 0.6 is 0 Å². The van der Waals surface area contributed by atoms with Gasteiger partial charge in [0.2, 0.25) is 6.33 Å². The second-order valence-electron chi connectivity index (χ2n) is 5.06. The summed E-state index contributed by atoms with van der Waals surface area (Å²) in [5.41, 5.74) is 12.4. The van der Waals surface area contributed by atoms with Crippen molar-refractivity contribution >= 4 is 0 Å². The zero-order valence-electron chi connectivity index (χ0n) is 12.0. The quantitative estimate of drug-likeness (QED) is 0.656. The number of hydrogen-bond donors (Lipinski definition) is 2. The van der Waals surface area contributed by atoms with E-state index in [1.807, 2.05) is 0 Å². The number of imidazole rings is 1. The molecule has 0 radical (unpaired) electrons. The number of nitrogens with zero attached hydrogens (tertiary/aromatic N) is 3. The normalized spacial score (nSPS) is 10.9. The van der Waals surface area contributed by atoms with E-state index in [-0.39, 0.29) is 0 Å². The predicted molar refractivity (Wildman–Crippen MR) is 77.7 cm³/mol. The highest BCUT2D eigenvalue weighted by Crippen LogP contribution is 1.95. The van der Waals surface area contributed by atoms with Crippen molar-refractivity contribution in [2.45, 2.75) is 32.5 Å². The van der Waals surface area contributed by atoms with Gasteiger partial charge in [0.15, 0.2) is 12.4 Å². The van der Waals surface area contributed by atoms with E-state index in [4.69, 9.17) is 11.5 Å². The Hall–Kier alpha value is -1.72. The van der Waals surface area contributed by atoms with Gasteiger partial charge in [0.05, 0.1) is 12.1 Å². The summed E-state index contributed by atoms with van der Waals surface area (Å²) in [5.74, 6) is 0. The molecule has 2 aromatic rings. The molecule has 0 fully saturated rings. The minimum Gasteiger partial charge on any atom is -0.330 e. The highest BCUT2D eigenvalue weighted by atomic mass is 15.1. The van der Waals surface area contributed by atoms with Gasteiger partial charge in [-0.2, -0.15) is 0 Å². The fourth-order valence-corrected chi connectivity index (χ4v) is 2.23. The number of pyridine rings is 1. The lowest BCUT2D eigenvalue weighted by atomic mass is 10.2. The molecule has 0 saturated heterocycles. The number of aryl methyl sites for hydroxylation is 2. The Bertz CT molecular complexity index is 520. The molecule has 2 heterocycles. The van der Waals surface area contributed by atoms with Crippen molar-refractivity contribution in [2.75, 3.05) is 13.1 Å². The standard InChI is InChI=1S/C15H25N5/c16-5-2-8-18-7-1-4-15(12-18)13-20-11-10-19(14-20)9-3-6-17/h1,4,7,10-12,14H,2-3,5-6,8-9,13,16-17H2/q+2. The van der Waals surface area contributed by atoms with Crippen molar-refractivity contribution in [3.8, 4) is 0 Å². The van der Waals surface area contributed by atoms with Crippen molar-refractivity contribution in [1.29, 1.82) is 0 Å². The summed E-state index contributed by atoms with van der Waals surface area (Å²) in [6, 6.07) is 4.25. The summed E-state index contributed by atoms with van der Waals surface area (Å²) in [4.78, 5) is 0. The molecule has 0 atom stereocenters. The molecule has 0 unspecified atom stereocenters. The maximum Gasteiger partial charge on any atom is 0.244 e. The van der Waals surface area contributed by atoms with E-state index in [2.05, 4.69) is 56.9 Å². The maximum atomic E-state index is 5.55. The molecule has 0 aromatic carbocycles. The Kier molecular flexibility index (Phi) is 5.70. The second-order valence-corrected chi connectivity index (χ2v) is 5.06. The highest BCUT2D eigenvalue weighted by molar-refractivity contribution is 5.03. The Labute approximate surface area is 120 Å². The van der Waals surface area contributed by atoms with E-state index >= 15 is 0 Å². The topological polar surface area (TPSA) is 64.7 Å². The van der Waals surface area contributed by atoms with Gasteiger partial charge in [0.25, 0.3) is 0 Å². The predicted octanol–water partition coefficient (Wildman–Crippen LogP) is -0.191.